The molecule has 0 bridgehead atoms. The number of benzene rings is 1. The molecule has 0 fully saturated rings. The Morgan fingerprint density at radius 3 is 2.80 bits per heavy atom. The first-order chi connectivity index (χ1) is 12.0. The highest BCUT2D eigenvalue weighted by molar-refractivity contribution is 5.56. The van der Waals surface area contributed by atoms with Gasteiger partial charge in [-0.05, 0) is 39.1 Å². The molecule has 3 rings (SSSR count). The molecule has 0 saturated heterocycles. The van der Waals surface area contributed by atoms with Gasteiger partial charge < -0.3 is 13.7 Å². The molecule has 0 saturated carbocycles. The van der Waals surface area contributed by atoms with Crippen LogP contribution in [0.4, 0.5) is 4.39 Å². The van der Waals surface area contributed by atoms with E-state index >= 15 is 0 Å². The van der Waals surface area contributed by atoms with Crippen LogP contribution in [0.1, 0.15) is 30.1 Å². The third-order valence-electron chi connectivity index (χ3n) is 4.24. The minimum absolute atomic E-state index is 0.0733. The van der Waals surface area contributed by atoms with Gasteiger partial charge in [0.1, 0.15) is 17.7 Å². The van der Waals surface area contributed by atoms with Crippen molar-refractivity contribution in [2.75, 3.05) is 14.2 Å². The van der Waals surface area contributed by atoms with Gasteiger partial charge in [-0.15, -0.1) is 0 Å². The van der Waals surface area contributed by atoms with Crippen molar-refractivity contribution in [1.29, 1.82) is 0 Å². The lowest BCUT2D eigenvalue weighted by Crippen LogP contribution is -2.22. The van der Waals surface area contributed by atoms with E-state index in [-0.39, 0.29) is 11.8 Å². The standard InChI is InChI=1S/C18H20FN3O3/c1-11(15-7-8-24-21-15)22(3)10-16-12(2)25-18(20-16)13-5-6-14(19)17(9-13)23-4/h5-9,11H,10H2,1-4H3/t11-/m1/s1. The Morgan fingerprint density at radius 1 is 1.32 bits per heavy atom. The Balaban J connectivity index is 1.80. The summed E-state index contributed by atoms with van der Waals surface area (Å²) in [6.07, 6.45) is 1.56. The summed E-state index contributed by atoms with van der Waals surface area (Å²) in [7, 11) is 3.41. The number of ether oxygens (including phenoxy) is 1. The Labute approximate surface area is 145 Å². The molecular formula is C18H20FN3O3. The lowest BCUT2D eigenvalue weighted by Gasteiger charge is -2.21. The van der Waals surface area contributed by atoms with Crippen LogP contribution in [0.25, 0.3) is 11.5 Å². The number of halogens is 1. The second-order valence-corrected chi connectivity index (χ2v) is 5.89. The van der Waals surface area contributed by atoms with Gasteiger partial charge in [-0.25, -0.2) is 9.37 Å². The molecule has 0 aliphatic heterocycles. The minimum Gasteiger partial charge on any atom is -0.494 e. The zero-order chi connectivity index (χ0) is 18.0. The smallest absolute Gasteiger partial charge is 0.226 e. The summed E-state index contributed by atoms with van der Waals surface area (Å²) >= 11 is 0. The van der Waals surface area contributed by atoms with Crippen molar-refractivity contribution in [1.82, 2.24) is 15.0 Å². The predicted octanol–water partition coefficient (Wildman–Crippen LogP) is 3.98. The van der Waals surface area contributed by atoms with Crippen molar-refractivity contribution in [3.8, 4) is 17.2 Å². The first-order valence-electron chi connectivity index (χ1n) is 7.90. The summed E-state index contributed by atoms with van der Waals surface area (Å²) in [6.45, 7) is 4.49. The highest BCUT2D eigenvalue weighted by Gasteiger charge is 2.19. The van der Waals surface area contributed by atoms with Gasteiger partial charge in [0.25, 0.3) is 0 Å². The van der Waals surface area contributed by atoms with Crippen LogP contribution in [0.5, 0.6) is 5.75 Å². The first-order valence-corrected chi connectivity index (χ1v) is 7.90. The van der Waals surface area contributed by atoms with Crippen LogP contribution in [-0.2, 0) is 6.54 Å². The van der Waals surface area contributed by atoms with E-state index in [0.29, 0.717) is 18.0 Å². The van der Waals surface area contributed by atoms with Gasteiger partial charge in [0.2, 0.25) is 5.89 Å². The zero-order valence-electron chi connectivity index (χ0n) is 14.6. The summed E-state index contributed by atoms with van der Waals surface area (Å²) < 4.78 is 29.2. The molecule has 0 spiro atoms. The van der Waals surface area contributed by atoms with E-state index in [0.717, 1.165) is 17.1 Å². The Morgan fingerprint density at radius 2 is 2.12 bits per heavy atom. The first kappa shape index (κ1) is 17.2. The predicted molar refractivity (Wildman–Crippen MR) is 89.6 cm³/mol. The quantitative estimate of drug-likeness (QED) is 0.673. The fourth-order valence-electron chi connectivity index (χ4n) is 2.53. The highest BCUT2D eigenvalue weighted by atomic mass is 19.1. The van der Waals surface area contributed by atoms with Crippen LogP contribution in [-0.4, -0.2) is 29.2 Å². The van der Waals surface area contributed by atoms with Gasteiger partial charge in [0.15, 0.2) is 11.6 Å². The molecule has 2 aromatic heterocycles. The molecule has 1 aromatic carbocycles. The molecule has 0 aliphatic rings. The summed E-state index contributed by atoms with van der Waals surface area (Å²) in [5.74, 6) is 0.897. The number of nitrogens with zero attached hydrogens (tertiary/aromatic N) is 3. The molecule has 0 unspecified atom stereocenters. The Bertz CT molecular complexity index is 845. The maximum Gasteiger partial charge on any atom is 0.226 e. The van der Waals surface area contributed by atoms with Gasteiger partial charge >= 0.3 is 0 Å². The summed E-state index contributed by atoms with van der Waals surface area (Å²) in [6, 6.07) is 6.45. The van der Waals surface area contributed by atoms with Gasteiger partial charge in [0, 0.05) is 18.2 Å². The molecule has 1 atom stereocenters. The van der Waals surface area contributed by atoms with Crippen molar-refractivity contribution in [3.63, 3.8) is 0 Å². The van der Waals surface area contributed by atoms with Crippen LogP contribution in [0.15, 0.2) is 39.5 Å². The van der Waals surface area contributed by atoms with E-state index in [1.54, 1.807) is 18.4 Å². The maximum absolute atomic E-state index is 13.6. The van der Waals surface area contributed by atoms with Crippen LogP contribution < -0.4 is 4.74 Å². The van der Waals surface area contributed by atoms with Crippen molar-refractivity contribution in [2.45, 2.75) is 26.4 Å². The number of hydrogen-bond donors (Lipinski definition) is 0. The molecule has 7 heteroatoms. The Kier molecular flexibility index (Phi) is 4.85. The third kappa shape index (κ3) is 3.56. The summed E-state index contributed by atoms with van der Waals surface area (Å²) in [5, 5.41) is 3.97. The highest BCUT2D eigenvalue weighted by Crippen LogP contribution is 2.28. The number of oxazole rings is 1. The van der Waals surface area contributed by atoms with E-state index in [2.05, 4.69) is 15.0 Å². The zero-order valence-corrected chi connectivity index (χ0v) is 14.6. The molecule has 2 heterocycles. The van der Waals surface area contributed by atoms with E-state index in [9.17, 15) is 4.39 Å². The number of methoxy groups -OCH3 is 1. The second kappa shape index (κ2) is 7.06. The SMILES string of the molecule is COc1cc(-c2nc(CN(C)[C@H](C)c3ccon3)c(C)o2)ccc1F. The van der Waals surface area contributed by atoms with Gasteiger partial charge in [-0.2, -0.15) is 0 Å². The number of hydrogen-bond acceptors (Lipinski definition) is 6. The maximum atomic E-state index is 13.6. The van der Waals surface area contributed by atoms with Crippen LogP contribution in [0.2, 0.25) is 0 Å². The van der Waals surface area contributed by atoms with Crippen molar-refractivity contribution < 1.29 is 18.1 Å². The van der Waals surface area contributed by atoms with Gasteiger partial charge in [0.05, 0.1) is 18.8 Å². The lowest BCUT2D eigenvalue weighted by atomic mass is 10.2. The van der Waals surface area contributed by atoms with E-state index < -0.39 is 5.82 Å². The Hall–Kier alpha value is -2.67. The summed E-state index contributed by atoms with van der Waals surface area (Å²) in [4.78, 5) is 6.65. The number of aryl methyl sites for hydroxylation is 1. The summed E-state index contributed by atoms with van der Waals surface area (Å²) in [5.41, 5.74) is 2.34. The number of rotatable bonds is 6. The molecule has 0 aliphatic carbocycles. The van der Waals surface area contributed by atoms with Crippen LogP contribution in [0.3, 0.4) is 0 Å². The molecule has 0 N–H and O–H groups in total. The minimum atomic E-state index is -0.420. The topological polar surface area (TPSA) is 64.5 Å². The molecule has 6 nitrogen and oxygen atoms in total. The van der Waals surface area contributed by atoms with Crippen molar-refractivity contribution in [2.24, 2.45) is 0 Å². The third-order valence-corrected chi connectivity index (χ3v) is 4.24. The molecule has 0 radical (unpaired) electrons. The van der Waals surface area contributed by atoms with Crippen LogP contribution >= 0.6 is 0 Å². The molecule has 0 amide bonds. The van der Waals surface area contributed by atoms with E-state index in [1.807, 2.05) is 27.0 Å². The van der Waals surface area contributed by atoms with Crippen molar-refractivity contribution in [3.05, 3.63) is 53.5 Å². The van der Waals surface area contributed by atoms with Crippen LogP contribution in [0, 0.1) is 12.7 Å². The average molecular weight is 345 g/mol. The van der Waals surface area contributed by atoms with Crippen molar-refractivity contribution >= 4 is 0 Å². The fourth-order valence-corrected chi connectivity index (χ4v) is 2.53. The molecular weight excluding hydrogens is 325 g/mol. The van der Waals surface area contributed by atoms with E-state index in [1.165, 1.54) is 13.2 Å². The largest absolute Gasteiger partial charge is 0.494 e. The van der Waals surface area contributed by atoms with E-state index in [4.69, 9.17) is 13.7 Å². The lowest BCUT2D eigenvalue weighted by molar-refractivity contribution is 0.237. The normalized spacial score (nSPS) is 12.6. The second-order valence-electron chi connectivity index (χ2n) is 5.89. The number of aromatic nitrogens is 2. The molecule has 3 aromatic rings. The fraction of sp³-hybridized carbons (Fsp3) is 0.333. The average Bonchev–Trinajstić information content (AvgIpc) is 3.25. The molecule has 25 heavy (non-hydrogen) atoms. The molecule has 132 valence electrons. The monoisotopic (exact) mass is 345 g/mol. The van der Waals surface area contributed by atoms with Gasteiger partial charge in [-0.1, -0.05) is 5.16 Å². The van der Waals surface area contributed by atoms with Gasteiger partial charge in [-0.3, -0.25) is 4.90 Å².